The predicted molar refractivity (Wildman–Crippen MR) is 99.9 cm³/mol. The van der Waals surface area contributed by atoms with Gasteiger partial charge >= 0.3 is 5.97 Å². The lowest BCUT2D eigenvalue weighted by molar-refractivity contribution is -0.147. The summed E-state index contributed by atoms with van der Waals surface area (Å²) in [6, 6.07) is 11.1. The van der Waals surface area contributed by atoms with Gasteiger partial charge in [-0.25, -0.2) is 9.78 Å². The molecule has 0 saturated heterocycles. The van der Waals surface area contributed by atoms with Gasteiger partial charge in [0.05, 0.1) is 18.3 Å². The summed E-state index contributed by atoms with van der Waals surface area (Å²) < 4.78 is 6.61. The molecule has 0 radical (unpaired) electrons. The summed E-state index contributed by atoms with van der Waals surface area (Å²) in [5.41, 5.74) is 0.842. The van der Waals surface area contributed by atoms with Crippen LogP contribution in [-0.2, 0) is 9.53 Å². The van der Waals surface area contributed by atoms with E-state index in [0.717, 1.165) is 16.9 Å². The maximum atomic E-state index is 12.9. The summed E-state index contributed by atoms with van der Waals surface area (Å²) in [5.74, 6) is -0.383. The van der Waals surface area contributed by atoms with E-state index in [0.29, 0.717) is 23.2 Å². The zero-order valence-electron chi connectivity index (χ0n) is 14.3. The largest absolute Gasteiger partial charge is 0.464 e. The van der Waals surface area contributed by atoms with Crippen molar-refractivity contribution >= 4 is 27.5 Å². The smallest absolute Gasteiger partial charge is 0.329 e. The number of rotatable bonds is 6. The molecule has 0 aliphatic carbocycles. The van der Waals surface area contributed by atoms with Gasteiger partial charge in [-0.1, -0.05) is 44.2 Å². The van der Waals surface area contributed by atoms with Crippen LogP contribution in [-0.4, -0.2) is 22.1 Å². The molecule has 25 heavy (non-hydrogen) atoms. The number of carbonyl (C=O) groups is 1. The van der Waals surface area contributed by atoms with E-state index in [1.165, 1.54) is 22.2 Å². The van der Waals surface area contributed by atoms with Crippen LogP contribution in [0.15, 0.2) is 47.5 Å². The van der Waals surface area contributed by atoms with Gasteiger partial charge in [-0.3, -0.25) is 9.36 Å². The first-order valence-electron chi connectivity index (χ1n) is 8.38. The number of hydrogen-bond acceptors (Lipinski definition) is 5. The van der Waals surface area contributed by atoms with Crippen LogP contribution in [0.1, 0.15) is 32.7 Å². The fourth-order valence-electron chi connectivity index (χ4n) is 2.68. The molecule has 1 atom stereocenters. The Hall–Kier alpha value is -2.47. The van der Waals surface area contributed by atoms with Gasteiger partial charge in [-0.2, -0.15) is 0 Å². The highest BCUT2D eigenvalue weighted by atomic mass is 32.1. The van der Waals surface area contributed by atoms with Crippen molar-refractivity contribution in [1.29, 1.82) is 0 Å². The monoisotopic (exact) mass is 356 g/mol. The number of fused-ring (bicyclic) bond motifs is 1. The quantitative estimate of drug-likeness (QED) is 0.626. The van der Waals surface area contributed by atoms with E-state index in [4.69, 9.17) is 4.74 Å². The molecule has 2 aromatic heterocycles. The second kappa shape index (κ2) is 7.61. The molecular weight excluding hydrogens is 336 g/mol. The lowest BCUT2D eigenvalue weighted by Gasteiger charge is -2.16. The van der Waals surface area contributed by atoms with Crippen LogP contribution in [0, 0.1) is 0 Å². The Kier molecular flexibility index (Phi) is 5.28. The first-order valence-corrected chi connectivity index (χ1v) is 9.20. The first kappa shape index (κ1) is 17.4. The van der Waals surface area contributed by atoms with Gasteiger partial charge in [-0.15, -0.1) is 11.3 Å². The molecule has 0 fully saturated rings. The van der Waals surface area contributed by atoms with Crippen LogP contribution in [0.3, 0.4) is 0 Å². The maximum Gasteiger partial charge on any atom is 0.329 e. The second-order valence-electron chi connectivity index (χ2n) is 5.74. The molecular formula is C19H20N2O3S. The van der Waals surface area contributed by atoms with Crippen molar-refractivity contribution in [3.8, 4) is 10.4 Å². The molecule has 0 amide bonds. The summed E-state index contributed by atoms with van der Waals surface area (Å²) in [6.07, 6.45) is 2.68. The number of ether oxygens (including phenoxy) is 1. The number of nitrogens with zero attached hydrogens (tertiary/aromatic N) is 2. The van der Waals surface area contributed by atoms with Crippen LogP contribution < -0.4 is 5.56 Å². The number of hydrogen-bond donors (Lipinski definition) is 0. The molecule has 0 saturated carbocycles. The summed E-state index contributed by atoms with van der Waals surface area (Å²) in [5, 5.41) is 0.535. The van der Waals surface area contributed by atoms with Crippen molar-refractivity contribution in [1.82, 2.24) is 9.55 Å². The molecule has 130 valence electrons. The topological polar surface area (TPSA) is 61.2 Å². The molecule has 0 spiro atoms. The van der Waals surface area contributed by atoms with Crippen molar-refractivity contribution in [2.24, 2.45) is 0 Å². The normalized spacial score (nSPS) is 12.2. The molecule has 2 heterocycles. The highest BCUT2D eigenvalue weighted by Crippen LogP contribution is 2.30. The summed E-state index contributed by atoms with van der Waals surface area (Å²) >= 11 is 1.47. The van der Waals surface area contributed by atoms with Gasteiger partial charge in [0.1, 0.15) is 10.9 Å². The lowest BCUT2D eigenvalue weighted by Crippen LogP contribution is -2.31. The van der Waals surface area contributed by atoms with Crippen LogP contribution in [0.5, 0.6) is 0 Å². The molecule has 0 aliphatic rings. The molecule has 0 unspecified atom stereocenters. The molecule has 6 heteroatoms. The minimum absolute atomic E-state index is 0.205. The fraction of sp³-hybridized carbons (Fsp3) is 0.316. The zero-order valence-corrected chi connectivity index (χ0v) is 15.1. The van der Waals surface area contributed by atoms with E-state index >= 15 is 0 Å². The van der Waals surface area contributed by atoms with E-state index < -0.39 is 6.04 Å². The van der Waals surface area contributed by atoms with Crippen molar-refractivity contribution in [2.45, 2.75) is 32.7 Å². The second-order valence-corrected chi connectivity index (χ2v) is 6.77. The SMILES string of the molecule is CCCOC(=O)[C@H](CC)n1cnc2sc(-c3ccccc3)cc2c1=O. The molecule has 3 rings (SSSR count). The van der Waals surface area contributed by atoms with Crippen LogP contribution in [0.25, 0.3) is 20.7 Å². The molecule has 0 bridgehead atoms. The summed E-state index contributed by atoms with van der Waals surface area (Å²) in [6.45, 7) is 4.15. The van der Waals surface area contributed by atoms with E-state index in [2.05, 4.69) is 4.98 Å². The minimum atomic E-state index is -0.643. The Morgan fingerprint density at radius 3 is 2.72 bits per heavy atom. The first-order chi connectivity index (χ1) is 12.2. The molecule has 3 aromatic rings. The van der Waals surface area contributed by atoms with Crippen molar-refractivity contribution in [3.63, 3.8) is 0 Å². The third-order valence-electron chi connectivity index (χ3n) is 3.98. The van der Waals surface area contributed by atoms with E-state index in [-0.39, 0.29) is 11.5 Å². The van der Waals surface area contributed by atoms with E-state index in [1.54, 1.807) is 0 Å². The number of benzene rings is 1. The van der Waals surface area contributed by atoms with Gasteiger partial charge in [0.15, 0.2) is 0 Å². The van der Waals surface area contributed by atoms with Crippen LogP contribution in [0.4, 0.5) is 0 Å². The van der Waals surface area contributed by atoms with Crippen LogP contribution in [0.2, 0.25) is 0 Å². The number of thiophene rings is 1. The van der Waals surface area contributed by atoms with Crippen molar-refractivity contribution in [2.75, 3.05) is 6.61 Å². The molecule has 0 N–H and O–H groups in total. The Balaban J connectivity index is 2.02. The Bertz CT molecular complexity index is 931. The summed E-state index contributed by atoms with van der Waals surface area (Å²) in [7, 11) is 0. The average molecular weight is 356 g/mol. The van der Waals surface area contributed by atoms with Crippen molar-refractivity contribution in [3.05, 3.63) is 53.1 Å². The lowest BCUT2D eigenvalue weighted by atomic mass is 10.2. The van der Waals surface area contributed by atoms with Gasteiger partial charge in [0, 0.05) is 4.88 Å². The summed E-state index contributed by atoms with van der Waals surface area (Å²) in [4.78, 5) is 31.2. The van der Waals surface area contributed by atoms with E-state index in [1.807, 2.05) is 50.2 Å². The minimum Gasteiger partial charge on any atom is -0.464 e. The number of aromatic nitrogens is 2. The number of carbonyl (C=O) groups excluding carboxylic acids is 1. The zero-order chi connectivity index (χ0) is 17.8. The number of esters is 1. The van der Waals surface area contributed by atoms with Gasteiger partial charge in [0.2, 0.25) is 0 Å². The van der Waals surface area contributed by atoms with Gasteiger partial charge < -0.3 is 4.74 Å². The predicted octanol–water partition coefficient (Wildman–Crippen LogP) is 4.03. The molecule has 1 aromatic carbocycles. The highest BCUT2D eigenvalue weighted by Gasteiger charge is 2.22. The van der Waals surface area contributed by atoms with Gasteiger partial charge in [-0.05, 0) is 24.5 Å². The van der Waals surface area contributed by atoms with E-state index in [9.17, 15) is 9.59 Å². The maximum absolute atomic E-state index is 12.9. The third kappa shape index (κ3) is 3.49. The molecule has 5 nitrogen and oxygen atoms in total. The third-order valence-corrected chi connectivity index (χ3v) is 5.07. The Morgan fingerprint density at radius 1 is 1.28 bits per heavy atom. The van der Waals surface area contributed by atoms with Gasteiger partial charge in [0.25, 0.3) is 5.56 Å². The van der Waals surface area contributed by atoms with Crippen molar-refractivity contribution < 1.29 is 9.53 Å². The molecule has 0 aliphatic heterocycles. The van der Waals surface area contributed by atoms with Crippen LogP contribution >= 0.6 is 11.3 Å². The average Bonchev–Trinajstić information content (AvgIpc) is 3.08. The standard InChI is InChI=1S/C19H20N2O3S/c1-3-10-24-19(23)15(4-2)21-12-20-17-14(18(21)22)11-16(25-17)13-8-6-5-7-9-13/h5-9,11-12,15H,3-4,10H2,1-2H3/t15-/m0/s1. The highest BCUT2D eigenvalue weighted by molar-refractivity contribution is 7.21. The Morgan fingerprint density at radius 2 is 2.04 bits per heavy atom. The fourth-order valence-corrected chi connectivity index (χ4v) is 3.67. The Labute approximate surface area is 149 Å².